The molecule has 0 spiro atoms. The Morgan fingerprint density at radius 1 is 1.33 bits per heavy atom. The third kappa shape index (κ3) is 3.62. The summed E-state index contributed by atoms with van der Waals surface area (Å²) in [5, 5.41) is 3.57. The minimum absolute atomic E-state index is 0.385. The molecule has 0 bridgehead atoms. The minimum atomic E-state index is 0.385. The average molecular weight is 209 g/mol. The Bertz CT molecular complexity index is 233. The Hall–Kier alpha value is -0.340. The van der Waals surface area contributed by atoms with Gasteiger partial charge in [-0.25, -0.2) is 0 Å². The molecule has 0 radical (unpaired) electrons. The van der Waals surface area contributed by atoms with E-state index in [4.69, 9.17) is 4.74 Å². The molecule has 2 atom stereocenters. The Kier molecular flexibility index (Phi) is 3.81. The van der Waals surface area contributed by atoms with Gasteiger partial charge in [0.05, 0.1) is 12.2 Å². The summed E-state index contributed by atoms with van der Waals surface area (Å²) in [6.45, 7) is 5.47. The van der Waals surface area contributed by atoms with Gasteiger partial charge in [0, 0.05) is 12.6 Å². The minimum Gasteiger partial charge on any atom is -0.371 e. The second-order valence-electron chi connectivity index (χ2n) is 4.90. The molecular formula is C13H23NO. The zero-order valence-corrected chi connectivity index (χ0v) is 9.96. The van der Waals surface area contributed by atoms with Gasteiger partial charge in [-0.15, -0.1) is 0 Å². The third-order valence-corrected chi connectivity index (χ3v) is 3.34. The second-order valence-corrected chi connectivity index (χ2v) is 4.90. The van der Waals surface area contributed by atoms with Gasteiger partial charge in [0.15, 0.2) is 0 Å². The van der Waals surface area contributed by atoms with Gasteiger partial charge in [0.1, 0.15) is 0 Å². The van der Waals surface area contributed by atoms with E-state index in [1.165, 1.54) is 31.3 Å². The second kappa shape index (κ2) is 5.13. The van der Waals surface area contributed by atoms with E-state index < -0.39 is 0 Å². The Balaban J connectivity index is 1.78. The highest BCUT2D eigenvalue weighted by atomic mass is 16.5. The van der Waals surface area contributed by atoms with Crippen molar-refractivity contribution in [2.75, 3.05) is 6.54 Å². The van der Waals surface area contributed by atoms with E-state index >= 15 is 0 Å². The van der Waals surface area contributed by atoms with Gasteiger partial charge in [-0.3, -0.25) is 0 Å². The summed E-state index contributed by atoms with van der Waals surface area (Å²) < 4.78 is 5.81. The molecule has 2 fully saturated rings. The lowest BCUT2D eigenvalue weighted by atomic mass is 10.1. The molecule has 1 aliphatic heterocycles. The number of hydrogen-bond donors (Lipinski definition) is 1. The van der Waals surface area contributed by atoms with Crippen molar-refractivity contribution in [2.24, 2.45) is 0 Å². The van der Waals surface area contributed by atoms with E-state index in [-0.39, 0.29) is 0 Å². The molecule has 86 valence electrons. The predicted octanol–water partition coefficient (Wildman–Crippen LogP) is 2.64. The fraction of sp³-hybridized carbons (Fsp3) is 0.846. The van der Waals surface area contributed by atoms with E-state index in [1.807, 2.05) is 0 Å². The lowest BCUT2D eigenvalue weighted by molar-refractivity contribution is 0.0827. The fourth-order valence-corrected chi connectivity index (χ4v) is 2.08. The first-order valence-corrected chi connectivity index (χ1v) is 6.36. The van der Waals surface area contributed by atoms with Crippen LogP contribution in [0.4, 0.5) is 0 Å². The zero-order valence-electron chi connectivity index (χ0n) is 9.96. The lowest BCUT2D eigenvalue weighted by Gasteiger charge is -2.10. The van der Waals surface area contributed by atoms with Crippen LogP contribution in [-0.2, 0) is 4.74 Å². The van der Waals surface area contributed by atoms with Gasteiger partial charge in [0.25, 0.3) is 0 Å². The molecular weight excluding hydrogens is 186 g/mol. The summed E-state index contributed by atoms with van der Waals surface area (Å²) in [5.41, 5.74) is 1.51. The maximum atomic E-state index is 5.81. The van der Waals surface area contributed by atoms with Crippen LogP contribution >= 0.6 is 0 Å². The molecule has 1 aliphatic carbocycles. The lowest BCUT2D eigenvalue weighted by Crippen LogP contribution is -2.20. The topological polar surface area (TPSA) is 21.3 Å². The molecule has 2 nitrogen and oxygen atoms in total. The molecule has 15 heavy (non-hydrogen) atoms. The van der Waals surface area contributed by atoms with Crippen molar-refractivity contribution in [2.45, 2.75) is 64.2 Å². The molecule has 0 aromatic carbocycles. The quantitative estimate of drug-likeness (QED) is 0.703. The smallest absolute Gasteiger partial charge is 0.0763 e. The van der Waals surface area contributed by atoms with Crippen LogP contribution in [0.3, 0.4) is 0 Å². The van der Waals surface area contributed by atoms with E-state index in [1.54, 1.807) is 0 Å². The molecule has 1 saturated heterocycles. The highest BCUT2D eigenvalue weighted by Gasteiger charge is 2.22. The highest BCUT2D eigenvalue weighted by Crippen LogP contribution is 2.22. The standard InChI is InChI=1S/C13H23NO/c1-3-11(9-14-12-5-6-12)8-13-7-4-10(2)15-13/h8,10,12-14H,3-7,9H2,1-2H3. The molecule has 2 aliphatic rings. The molecule has 0 aromatic heterocycles. The third-order valence-electron chi connectivity index (χ3n) is 3.34. The van der Waals surface area contributed by atoms with Crippen molar-refractivity contribution < 1.29 is 4.74 Å². The van der Waals surface area contributed by atoms with Crippen molar-refractivity contribution in [1.82, 2.24) is 5.32 Å². The van der Waals surface area contributed by atoms with Gasteiger partial charge in [-0.05, 0) is 39.0 Å². The van der Waals surface area contributed by atoms with Gasteiger partial charge in [-0.1, -0.05) is 18.6 Å². The van der Waals surface area contributed by atoms with Crippen molar-refractivity contribution in [3.8, 4) is 0 Å². The Labute approximate surface area is 93.1 Å². The summed E-state index contributed by atoms with van der Waals surface area (Å²) in [6, 6.07) is 0.809. The maximum absolute atomic E-state index is 5.81. The normalized spacial score (nSPS) is 32.3. The SMILES string of the molecule is CCC(=CC1CCC(C)O1)CNC1CC1. The molecule has 0 aromatic rings. The summed E-state index contributed by atoms with van der Waals surface area (Å²) in [4.78, 5) is 0. The molecule has 2 unspecified atom stereocenters. The van der Waals surface area contributed by atoms with E-state index in [0.717, 1.165) is 19.0 Å². The van der Waals surface area contributed by atoms with E-state index in [2.05, 4.69) is 25.2 Å². The molecule has 2 heteroatoms. The van der Waals surface area contributed by atoms with Gasteiger partial charge < -0.3 is 10.1 Å². The monoisotopic (exact) mass is 209 g/mol. The molecule has 2 rings (SSSR count). The molecule has 1 heterocycles. The van der Waals surface area contributed by atoms with Crippen LogP contribution in [-0.4, -0.2) is 24.8 Å². The van der Waals surface area contributed by atoms with Crippen LogP contribution in [0.15, 0.2) is 11.6 Å². The molecule has 1 saturated carbocycles. The predicted molar refractivity (Wildman–Crippen MR) is 63.0 cm³/mol. The zero-order chi connectivity index (χ0) is 10.7. The summed E-state index contributed by atoms with van der Waals surface area (Å²) in [7, 11) is 0. The molecule has 1 N–H and O–H groups in total. The number of rotatable bonds is 5. The molecule has 0 amide bonds. The van der Waals surface area contributed by atoms with Crippen LogP contribution in [0, 0.1) is 0 Å². The largest absolute Gasteiger partial charge is 0.371 e. The van der Waals surface area contributed by atoms with Crippen molar-refractivity contribution in [3.63, 3.8) is 0 Å². The first-order chi connectivity index (χ1) is 7.28. The number of nitrogens with one attached hydrogen (secondary N) is 1. The number of hydrogen-bond acceptors (Lipinski definition) is 2. The van der Waals surface area contributed by atoms with Crippen LogP contribution in [0.1, 0.15) is 46.0 Å². The van der Waals surface area contributed by atoms with E-state index in [0.29, 0.717) is 12.2 Å². The van der Waals surface area contributed by atoms with Gasteiger partial charge >= 0.3 is 0 Å². The van der Waals surface area contributed by atoms with Gasteiger partial charge in [0.2, 0.25) is 0 Å². The summed E-state index contributed by atoms with van der Waals surface area (Å²) in [5.74, 6) is 0. The Morgan fingerprint density at radius 2 is 2.13 bits per heavy atom. The summed E-state index contributed by atoms with van der Waals surface area (Å²) in [6.07, 6.45) is 9.49. The van der Waals surface area contributed by atoms with Crippen LogP contribution in [0.25, 0.3) is 0 Å². The summed E-state index contributed by atoms with van der Waals surface area (Å²) >= 11 is 0. The van der Waals surface area contributed by atoms with Crippen LogP contribution < -0.4 is 5.32 Å². The van der Waals surface area contributed by atoms with Crippen molar-refractivity contribution in [3.05, 3.63) is 11.6 Å². The van der Waals surface area contributed by atoms with Gasteiger partial charge in [-0.2, -0.15) is 0 Å². The van der Waals surface area contributed by atoms with E-state index in [9.17, 15) is 0 Å². The first kappa shape index (κ1) is 11.2. The fourth-order valence-electron chi connectivity index (χ4n) is 2.08. The van der Waals surface area contributed by atoms with Crippen LogP contribution in [0.2, 0.25) is 0 Å². The first-order valence-electron chi connectivity index (χ1n) is 6.36. The van der Waals surface area contributed by atoms with Crippen LogP contribution in [0.5, 0.6) is 0 Å². The average Bonchev–Trinajstić information content (AvgIpc) is 2.97. The van der Waals surface area contributed by atoms with Crippen molar-refractivity contribution in [1.29, 1.82) is 0 Å². The Morgan fingerprint density at radius 3 is 2.67 bits per heavy atom. The maximum Gasteiger partial charge on any atom is 0.0763 e. The highest BCUT2D eigenvalue weighted by molar-refractivity contribution is 5.08. The van der Waals surface area contributed by atoms with Crippen molar-refractivity contribution >= 4 is 0 Å². The number of ether oxygens (including phenoxy) is 1.